The van der Waals surface area contributed by atoms with Gasteiger partial charge in [0.1, 0.15) is 11.0 Å². The van der Waals surface area contributed by atoms with E-state index in [4.69, 9.17) is 16.7 Å². The van der Waals surface area contributed by atoms with Gasteiger partial charge in [0.15, 0.2) is 0 Å². The Kier molecular flexibility index (Phi) is 5.73. The van der Waals surface area contributed by atoms with Gasteiger partial charge >= 0.3 is 0 Å². The van der Waals surface area contributed by atoms with Crippen LogP contribution in [0, 0.1) is 5.82 Å². The van der Waals surface area contributed by atoms with E-state index in [1.807, 2.05) is 0 Å². The fourth-order valence-electron chi connectivity index (χ4n) is 2.65. The Labute approximate surface area is 166 Å². The molecule has 3 N–H and O–H groups in total. The molecule has 0 saturated carbocycles. The summed E-state index contributed by atoms with van der Waals surface area (Å²) >= 11 is 5.76. The highest BCUT2D eigenvalue weighted by Gasteiger charge is 2.17. The summed E-state index contributed by atoms with van der Waals surface area (Å²) in [5, 5.41) is 8.19. The van der Waals surface area contributed by atoms with Crippen LogP contribution in [0.4, 0.5) is 10.1 Å². The molecule has 0 radical (unpaired) electrons. The summed E-state index contributed by atoms with van der Waals surface area (Å²) in [5.74, 6) is -0.866. The van der Waals surface area contributed by atoms with Crippen LogP contribution in [0.2, 0.25) is 5.15 Å². The zero-order chi connectivity index (χ0) is 20.3. The van der Waals surface area contributed by atoms with E-state index < -0.39 is 21.7 Å². The minimum Gasteiger partial charge on any atom is -0.326 e. The first-order valence-corrected chi connectivity index (χ1v) is 9.98. The van der Waals surface area contributed by atoms with E-state index in [-0.39, 0.29) is 22.2 Å². The Hall–Kier alpha value is -2.81. The zero-order valence-electron chi connectivity index (χ0n) is 14.4. The molecule has 1 heterocycles. The van der Waals surface area contributed by atoms with Crippen molar-refractivity contribution in [2.24, 2.45) is 5.14 Å². The number of nitrogens with two attached hydrogens (primary N) is 1. The molecule has 0 atom stereocenters. The van der Waals surface area contributed by atoms with E-state index >= 15 is 0 Å². The normalized spacial score (nSPS) is 11.2. The quantitative estimate of drug-likeness (QED) is 0.619. The number of aromatic nitrogens is 1. The first-order chi connectivity index (χ1) is 13.2. The molecular formula is C19H15ClFN3O3S. The molecule has 1 aromatic heterocycles. The van der Waals surface area contributed by atoms with Gasteiger partial charge in [-0.15, -0.1) is 0 Å². The van der Waals surface area contributed by atoms with Crippen molar-refractivity contribution in [2.45, 2.75) is 11.3 Å². The van der Waals surface area contributed by atoms with Crippen LogP contribution in [0.15, 0.2) is 65.7 Å². The van der Waals surface area contributed by atoms with Gasteiger partial charge < -0.3 is 5.32 Å². The fourth-order valence-corrected chi connectivity index (χ4v) is 3.54. The molecular weight excluding hydrogens is 405 g/mol. The fraction of sp³-hybridized carbons (Fsp3) is 0.0526. The minimum absolute atomic E-state index is 0.0642. The summed E-state index contributed by atoms with van der Waals surface area (Å²) in [6, 6.07) is 13.1. The molecule has 0 aliphatic rings. The number of halogens is 2. The number of pyridine rings is 1. The monoisotopic (exact) mass is 419 g/mol. The second-order valence-electron chi connectivity index (χ2n) is 5.98. The molecule has 6 nitrogen and oxygen atoms in total. The first-order valence-electron chi connectivity index (χ1n) is 8.05. The van der Waals surface area contributed by atoms with Crippen molar-refractivity contribution in [3.8, 4) is 11.1 Å². The molecule has 0 unspecified atom stereocenters. The van der Waals surface area contributed by atoms with Crippen LogP contribution in [-0.2, 0) is 21.2 Å². The highest BCUT2D eigenvalue weighted by molar-refractivity contribution is 7.89. The number of nitrogens with zero attached hydrogens (tertiary/aromatic N) is 1. The number of hydrogen-bond donors (Lipinski definition) is 2. The number of rotatable bonds is 5. The molecule has 0 aliphatic heterocycles. The first kappa shape index (κ1) is 19.9. The van der Waals surface area contributed by atoms with Gasteiger partial charge in [-0.3, -0.25) is 4.79 Å². The Morgan fingerprint density at radius 1 is 1.14 bits per heavy atom. The molecule has 9 heteroatoms. The van der Waals surface area contributed by atoms with Crippen LogP contribution in [0.25, 0.3) is 11.1 Å². The van der Waals surface area contributed by atoms with Crippen molar-refractivity contribution in [3.05, 3.63) is 77.3 Å². The largest absolute Gasteiger partial charge is 0.326 e. The van der Waals surface area contributed by atoms with E-state index in [0.29, 0.717) is 16.7 Å². The third-order valence-electron chi connectivity index (χ3n) is 3.86. The summed E-state index contributed by atoms with van der Waals surface area (Å²) < 4.78 is 37.3. The van der Waals surface area contributed by atoms with Crippen LogP contribution < -0.4 is 10.5 Å². The third-order valence-corrected chi connectivity index (χ3v) is 5.04. The number of amides is 1. The molecule has 0 bridgehead atoms. The van der Waals surface area contributed by atoms with Crippen molar-refractivity contribution in [2.75, 3.05) is 5.32 Å². The summed E-state index contributed by atoms with van der Waals surface area (Å²) in [7, 11) is -4.08. The van der Waals surface area contributed by atoms with Gasteiger partial charge in [0.25, 0.3) is 0 Å². The lowest BCUT2D eigenvalue weighted by molar-refractivity contribution is -0.115. The van der Waals surface area contributed by atoms with E-state index in [0.717, 1.165) is 0 Å². The number of carbonyl (C=O) groups excluding carboxylic acids is 1. The van der Waals surface area contributed by atoms with Crippen LogP contribution >= 0.6 is 11.6 Å². The van der Waals surface area contributed by atoms with Gasteiger partial charge in [0, 0.05) is 23.0 Å². The maximum atomic E-state index is 13.2. The highest BCUT2D eigenvalue weighted by atomic mass is 35.5. The molecule has 28 heavy (non-hydrogen) atoms. The number of benzene rings is 2. The number of sulfonamides is 1. The van der Waals surface area contributed by atoms with Crippen molar-refractivity contribution in [1.82, 2.24) is 4.98 Å². The van der Waals surface area contributed by atoms with Gasteiger partial charge in [0.05, 0.1) is 11.3 Å². The Balaban J connectivity index is 1.88. The zero-order valence-corrected chi connectivity index (χ0v) is 16.0. The second-order valence-corrected chi connectivity index (χ2v) is 7.90. The number of anilines is 1. The Bertz CT molecular complexity index is 1140. The summed E-state index contributed by atoms with van der Waals surface area (Å²) in [4.78, 5) is 16.0. The predicted octanol–water partition coefficient (Wildman–Crippen LogP) is 3.37. The molecule has 0 fully saturated rings. The van der Waals surface area contributed by atoms with Crippen LogP contribution in [0.5, 0.6) is 0 Å². The molecule has 0 saturated heterocycles. The lowest BCUT2D eigenvalue weighted by atomic mass is 10.1. The second kappa shape index (κ2) is 8.05. The molecule has 3 aromatic rings. The molecule has 1 amide bonds. The van der Waals surface area contributed by atoms with Crippen LogP contribution in [0.1, 0.15) is 5.56 Å². The van der Waals surface area contributed by atoms with Gasteiger partial charge in [0.2, 0.25) is 15.9 Å². The van der Waals surface area contributed by atoms with Gasteiger partial charge in [-0.25, -0.2) is 22.9 Å². The minimum atomic E-state index is -4.08. The summed E-state index contributed by atoms with van der Waals surface area (Å²) in [5.41, 5.74) is 1.57. The maximum absolute atomic E-state index is 13.2. The lowest BCUT2D eigenvalue weighted by Gasteiger charge is -2.12. The van der Waals surface area contributed by atoms with Crippen LogP contribution in [0.3, 0.4) is 0 Å². The average molecular weight is 420 g/mol. The standard InChI is InChI=1S/C19H15ClFN3O3S/c20-18-7-4-13(11-23-18)16-6-5-15(10-17(16)28(22,26)27)24-19(25)9-12-2-1-3-14(21)8-12/h1-8,10-11H,9H2,(H,24,25)(H2,22,26,27). The summed E-state index contributed by atoms with van der Waals surface area (Å²) in [6.07, 6.45) is 1.36. The van der Waals surface area contributed by atoms with E-state index in [1.165, 1.54) is 42.6 Å². The Morgan fingerprint density at radius 2 is 1.93 bits per heavy atom. The van der Waals surface area contributed by atoms with Crippen molar-refractivity contribution in [3.63, 3.8) is 0 Å². The van der Waals surface area contributed by atoms with Crippen molar-refractivity contribution >= 4 is 33.2 Å². The van der Waals surface area contributed by atoms with Gasteiger partial charge in [-0.1, -0.05) is 29.8 Å². The number of primary sulfonamides is 1. The number of carbonyl (C=O) groups is 1. The van der Waals surface area contributed by atoms with E-state index in [2.05, 4.69) is 10.3 Å². The Morgan fingerprint density at radius 3 is 2.57 bits per heavy atom. The highest BCUT2D eigenvalue weighted by Crippen LogP contribution is 2.29. The smallest absolute Gasteiger partial charge is 0.238 e. The van der Waals surface area contributed by atoms with E-state index in [9.17, 15) is 17.6 Å². The lowest BCUT2D eigenvalue weighted by Crippen LogP contribution is -2.17. The predicted molar refractivity (Wildman–Crippen MR) is 105 cm³/mol. The topological polar surface area (TPSA) is 102 Å². The average Bonchev–Trinajstić information content (AvgIpc) is 2.61. The number of nitrogens with one attached hydrogen (secondary N) is 1. The summed E-state index contributed by atoms with van der Waals surface area (Å²) in [6.45, 7) is 0. The van der Waals surface area contributed by atoms with Crippen LogP contribution in [-0.4, -0.2) is 19.3 Å². The van der Waals surface area contributed by atoms with Gasteiger partial charge in [-0.2, -0.15) is 0 Å². The molecule has 3 rings (SSSR count). The number of hydrogen-bond acceptors (Lipinski definition) is 4. The molecule has 0 spiro atoms. The maximum Gasteiger partial charge on any atom is 0.238 e. The van der Waals surface area contributed by atoms with E-state index in [1.54, 1.807) is 18.2 Å². The molecule has 2 aromatic carbocycles. The molecule has 144 valence electrons. The van der Waals surface area contributed by atoms with Gasteiger partial charge in [-0.05, 0) is 42.0 Å². The molecule has 0 aliphatic carbocycles. The van der Waals surface area contributed by atoms with Crippen molar-refractivity contribution < 1.29 is 17.6 Å². The third kappa shape index (κ3) is 4.92. The van der Waals surface area contributed by atoms with Crippen molar-refractivity contribution in [1.29, 1.82) is 0 Å². The SMILES string of the molecule is NS(=O)(=O)c1cc(NC(=O)Cc2cccc(F)c2)ccc1-c1ccc(Cl)nc1.